The second kappa shape index (κ2) is 13.4. The van der Waals surface area contributed by atoms with E-state index in [1.807, 2.05) is 19.9 Å². The molecule has 0 aromatic heterocycles. The summed E-state index contributed by atoms with van der Waals surface area (Å²) in [4.78, 5) is 23.3. The minimum Gasteiger partial charge on any atom is -0.459 e. The molecule has 37 heavy (non-hydrogen) atoms. The van der Waals surface area contributed by atoms with Crippen molar-refractivity contribution in [2.75, 3.05) is 5.88 Å². The van der Waals surface area contributed by atoms with Crippen molar-refractivity contribution in [3.63, 3.8) is 0 Å². The lowest BCUT2D eigenvalue weighted by molar-refractivity contribution is -0.302. The van der Waals surface area contributed by atoms with Gasteiger partial charge in [0, 0.05) is 19.4 Å². The van der Waals surface area contributed by atoms with Crippen LogP contribution in [0.25, 0.3) is 0 Å². The fraction of sp³-hybridized carbons (Fsp3) is 0.704. The van der Waals surface area contributed by atoms with Gasteiger partial charge in [-0.05, 0) is 52.5 Å². The zero-order chi connectivity index (χ0) is 28.0. The normalized spacial score (nSPS) is 38.1. The number of halogens is 1. The zero-order valence-electron chi connectivity index (χ0n) is 22.5. The smallest absolute Gasteiger partial charge is 0.303 e. The number of aliphatic hydroxyl groups is 3. The molecule has 2 aliphatic heterocycles. The zero-order valence-corrected chi connectivity index (χ0v) is 23.3. The molecule has 0 spiro atoms. The van der Waals surface area contributed by atoms with Gasteiger partial charge in [-0.2, -0.15) is 0 Å². The molecule has 9 nitrogen and oxygen atoms in total. The molecule has 2 fully saturated rings. The monoisotopic (exact) mass is 543 g/mol. The van der Waals surface area contributed by atoms with Gasteiger partial charge in [-0.15, -0.1) is 11.6 Å². The highest BCUT2D eigenvalue weighted by Gasteiger charge is 2.51. The molecule has 0 saturated carbocycles. The molecule has 2 saturated heterocycles. The largest absolute Gasteiger partial charge is 0.459 e. The fourth-order valence-corrected chi connectivity index (χ4v) is 4.99. The number of amides is 1. The molecular weight excluding hydrogens is 502 g/mol. The Kier molecular flexibility index (Phi) is 11.4. The minimum absolute atomic E-state index is 0.0374. The number of hydrogen-bond donors (Lipinski definition) is 4. The quantitative estimate of drug-likeness (QED) is 0.151. The lowest BCUT2D eigenvalue weighted by Gasteiger charge is -2.46. The highest BCUT2D eigenvalue weighted by atomic mass is 35.5. The van der Waals surface area contributed by atoms with Crippen LogP contribution < -0.4 is 5.32 Å². The van der Waals surface area contributed by atoms with Gasteiger partial charge in [-0.3, -0.25) is 9.59 Å². The number of nitrogens with one attached hydrogen (secondary N) is 1. The Labute approximate surface area is 224 Å². The summed E-state index contributed by atoms with van der Waals surface area (Å²) >= 11 is 5.85. The molecule has 210 valence electrons. The standard InChI is InChI=1S/C27H42ClNO8/c1-16(8-11-23-25(32)27(34,15-28)14-26(6,33)37-23)7-10-22-17(2)13-21(19(4)36-22)29-24(31)12-9-18(3)35-20(5)30/h7-9,11-12,17-19,21-23,25,32-34H,10,13-15H2,1-6H3,(H,29,31)/b11-8+,12-9-,16-7+/t17-,18+,19+,21+,22+,23+,25+,26-,27-/m0/s1. The molecule has 0 aliphatic carbocycles. The molecule has 4 N–H and O–H groups in total. The third-order valence-electron chi connectivity index (χ3n) is 6.75. The second-order valence-electron chi connectivity index (χ2n) is 10.5. The van der Waals surface area contributed by atoms with E-state index in [0.717, 1.165) is 12.0 Å². The second-order valence-corrected chi connectivity index (χ2v) is 10.8. The van der Waals surface area contributed by atoms with E-state index < -0.39 is 35.7 Å². The SMILES string of the molecule is CC(=O)O[C@H](C)/C=C\C(=O)N[C@@H]1C[C@H](C)[C@@H](C/C=C(C)/C=C/[C@H]2O[C@](C)(O)C[C@](O)(CCl)[C@@H]2O)O[C@@H]1C. The van der Waals surface area contributed by atoms with Gasteiger partial charge in [0.1, 0.15) is 23.9 Å². The van der Waals surface area contributed by atoms with Crippen LogP contribution in [-0.2, 0) is 23.8 Å². The third kappa shape index (κ3) is 9.50. The van der Waals surface area contributed by atoms with Crippen LogP contribution in [0.3, 0.4) is 0 Å². The van der Waals surface area contributed by atoms with Gasteiger partial charge in [-0.25, -0.2) is 0 Å². The summed E-state index contributed by atoms with van der Waals surface area (Å²) in [6, 6.07) is -0.143. The average molecular weight is 544 g/mol. The molecule has 10 heteroatoms. The van der Waals surface area contributed by atoms with Gasteiger partial charge in [0.2, 0.25) is 5.91 Å². The lowest BCUT2D eigenvalue weighted by atomic mass is 9.84. The van der Waals surface area contributed by atoms with E-state index in [-0.39, 0.29) is 42.4 Å². The Morgan fingerprint density at radius 3 is 2.54 bits per heavy atom. The van der Waals surface area contributed by atoms with Crippen LogP contribution in [0.15, 0.2) is 36.0 Å². The van der Waals surface area contributed by atoms with E-state index in [0.29, 0.717) is 6.42 Å². The molecule has 1 amide bonds. The number of hydrogen-bond acceptors (Lipinski definition) is 8. The van der Waals surface area contributed by atoms with Crippen molar-refractivity contribution < 1.29 is 39.1 Å². The Morgan fingerprint density at radius 2 is 1.92 bits per heavy atom. The van der Waals surface area contributed by atoms with E-state index >= 15 is 0 Å². The number of aliphatic hydroxyl groups excluding tert-OH is 1. The van der Waals surface area contributed by atoms with E-state index in [1.54, 1.807) is 19.1 Å². The average Bonchev–Trinajstić information content (AvgIpc) is 2.79. The topological polar surface area (TPSA) is 135 Å². The van der Waals surface area contributed by atoms with Crippen molar-refractivity contribution in [3.8, 4) is 0 Å². The van der Waals surface area contributed by atoms with Crippen LogP contribution in [0.5, 0.6) is 0 Å². The number of rotatable bonds is 9. The molecule has 2 aliphatic rings. The van der Waals surface area contributed by atoms with Gasteiger partial charge in [0.15, 0.2) is 5.79 Å². The van der Waals surface area contributed by atoms with Gasteiger partial charge < -0.3 is 34.8 Å². The molecule has 0 aromatic rings. The van der Waals surface area contributed by atoms with Crippen molar-refractivity contribution in [2.45, 2.75) is 109 Å². The van der Waals surface area contributed by atoms with E-state index in [4.69, 9.17) is 25.8 Å². The maximum Gasteiger partial charge on any atom is 0.303 e. The molecule has 0 radical (unpaired) electrons. The number of ether oxygens (including phenoxy) is 3. The number of allylic oxidation sites excluding steroid dienone is 2. The first-order valence-corrected chi connectivity index (χ1v) is 13.2. The van der Waals surface area contributed by atoms with E-state index in [2.05, 4.69) is 12.2 Å². The third-order valence-corrected chi connectivity index (χ3v) is 7.22. The maximum atomic E-state index is 12.3. The minimum atomic E-state index is -1.65. The summed E-state index contributed by atoms with van der Waals surface area (Å²) in [5.74, 6) is -2.32. The molecular formula is C27H42ClNO8. The van der Waals surface area contributed by atoms with Crippen molar-refractivity contribution in [1.29, 1.82) is 0 Å². The first-order valence-electron chi connectivity index (χ1n) is 12.7. The number of carbonyl (C=O) groups excluding carboxylic acids is 2. The van der Waals surface area contributed by atoms with Crippen LogP contribution in [0.4, 0.5) is 0 Å². The summed E-state index contributed by atoms with van der Waals surface area (Å²) in [5.41, 5.74) is -0.749. The first kappa shape index (κ1) is 31.5. The van der Waals surface area contributed by atoms with Gasteiger partial charge in [0.25, 0.3) is 0 Å². The number of esters is 1. The Morgan fingerprint density at radius 1 is 1.24 bits per heavy atom. The Bertz CT molecular complexity index is 888. The highest BCUT2D eigenvalue weighted by Crippen LogP contribution is 2.36. The van der Waals surface area contributed by atoms with Crippen molar-refractivity contribution in [1.82, 2.24) is 5.32 Å². The lowest BCUT2D eigenvalue weighted by Crippen LogP contribution is -2.61. The first-order chi connectivity index (χ1) is 17.2. The van der Waals surface area contributed by atoms with Gasteiger partial charge in [-0.1, -0.05) is 30.7 Å². The number of alkyl halides is 1. The van der Waals surface area contributed by atoms with Crippen LogP contribution in [-0.4, -0.2) is 81.0 Å². The van der Waals surface area contributed by atoms with Gasteiger partial charge >= 0.3 is 5.97 Å². The number of carbonyl (C=O) groups is 2. The molecule has 0 bridgehead atoms. The van der Waals surface area contributed by atoms with Crippen LogP contribution >= 0.6 is 11.6 Å². The predicted octanol–water partition coefficient (Wildman–Crippen LogP) is 2.51. The van der Waals surface area contributed by atoms with Gasteiger partial charge in [0.05, 0.1) is 24.1 Å². The molecule has 2 heterocycles. The Balaban J connectivity index is 1.91. The van der Waals surface area contributed by atoms with E-state index in [1.165, 1.54) is 26.0 Å². The van der Waals surface area contributed by atoms with Crippen molar-refractivity contribution >= 4 is 23.5 Å². The van der Waals surface area contributed by atoms with E-state index in [9.17, 15) is 24.9 Å². The summed E-state index contributed by atoms with van der Waals surface area (Å²) in [5, 5.41) is 34.4. The summed E-state index contributed by atoms with van der Waals surface area (Å²) in [6.07, 6.45) is 6.62. The molecule has 9 atom stereocenters. The van der Waals surface area contributed by atoms with Crippen LogP contribution in [0, 0.1) is 5.92 Å². The predicted molar refractivity (Wildman–Crippen MR) is 140 cm³/mol. The van der Waals surface area contributed by atoms with Crippen LogP contribution in [0.2, 0.25) is 0 Å². The molecule has 0 unspecified atom stereocenters. The maximum absolute atomic E-state index is 12.3. The molecule has 2 rings (SSSR count). The summed E-state index contributed by atoms with van der Waals surface area (Å²) in [6.45, 7) is 10.3. The van der Waals surface area contributed by atoms with Crippen LogP contribution in [0.1, 0.15) is 60.8 Å². The highest BCUT2D eigenvalue weighted by molar-refractivity contribution is 6.18. The van der Waals surface area contributed by atoms with Crippen molar-refractivity contribution in [3.05, 3.63) is 36.0 Å². The van der Waals surface area contributed by atoms with Crippen molar-refractivity contribution in [2.24, 2.45) is 5.92 Å². The summed E-state index contributed by atoms with van der Waals surface area (Å²) < 4.78 is 16.7. The fourth-order valence-electron chi connectivity index (χ4n) is 4.73. The molecule has 0 aromatic carbocycles. The summed E-state index contributed by atoms with van der Waals surface area (Å²) in [7, 11) is 0. The Hall–Kier alpha value is -1.75.